The number of hydrogen-bond acceptors (Lipinski definition) is 14. The number of allylic oxidation sites excluding steroid dienone is 2. The van der Waals surface area contributed by atoms with Crippen LogP contribution in [0.2, 0.25) is 5.02 Å². The Hall–Kier alpha value is -6.09. The van der Waals surface area contributed by atoms with Crippen LogP contribution in [0.3, 0.4) is 0 Å². The Morgan fingerprint density at radius 2 is 1.73 bits per heavy atom. The van der Waals surface area contributed by atoms with Crippen LogP contribution >= 0.6 is 11.6 Å². The normalized spacial score (nSPS) is 18.8. The van der Waals surface area contributed by atoms with Gasteiger partial charge in [0.05, 0.1) is 48.7 Å². The highest BCUT2D eigenvalue weighted by Gasteiger charge is 2.45. The van der Waals surface area contributed by atoms with Gasteiger partial charge in [0.15, 0.2) is 5.82 Å². The predicted molar refractivity (Wildman–Crippen MR) is 231 cm³/mol. The summed E-state index contributed by atoms with van der Waals surface area (Å²) in [4.78, 5) is 90.4. The molecule has 0 radical (unpaired) electrons. The number of piperidine rings is 1. The van der Waals surface area contributed by atoms with Crippen LogP contribution < -0.4 is 20.9 Å². The zero-order chi connectivity index (χ0) is 45.7. The maximum absolute atomic E-state index is 16.4. The minimum absolute atomic E-state index is 0.0175. The largest absolute Gasteiger partial charge is 0.388 e. The van der Waals surface area contributed by atoms with E-state index in [0.29, 0.717) is 44.2 Å². The minimum Gasteiger partial charge on any atom is -0.388 e. The molecule has 18 nitrogen and oxygen atoms in total. The minimum atomic E-state index is -1.32. The van der Waals surface area contributed by atoms with Crippen molar-refractivity contribution < 1.29 is 52.1 Å². The number of rotatable bonds is 17. The van der Waals surface area contributed by atoms with Gasteiger partial charge in [-0.25, -0.2) is 13.8 Å². The summed E-state index contributed by atoms with van der Waals surface area (Å²) in [5.41, 5.74) is 0.0216. The molecule has 4 heterocycles. The van der Waals surface area contributed by atoms with Crippen LogP contribution in [0, 0.1) is 5.82 Å². The van der Waals surface area contributed by atoms with Gasteiger partial charge in [-0.15, -0.1) is 0 Å². The Morgan fingerprint density at radius 3 is 2.45 bits per heavy atom. The molecule has 0 bridgehead atoms. The van der Waals surface area contributed by atoms with Crippen molar-refractivity contribution >= 4 is 81.0 Å². The van der Waals surface area contributed by atoms with Crippen LogP contribution in [0.15, 0.2) is 42.2 Å². The van der Waals surface area contributed by atoms with Crippen LogP contribution in [0.25, 0.3) is 16.5 Å². The summed E-state index contributed by atoms with van der Waals surface area (Å²) in [5.74, 6) is -3.99. The molecule has 4 aliphatic rings. The number of nitrogens with zero attached hydrogens (tertiary/aromatic N) is 6. The molecular weight excluding hydrogens is 860 g/mol. The third-order valence-corrected chi connectivity index (χ3v) is 11.7. The molecule has 2 aromatic carbocycles. The van der Waals surface area contributed by atoms with Crippen molar-refractivity contribution in [2.45, 2.75) is 44.8 Å². The number of hydrogen-bond donors (Lipinski definition) is 4. The third-order valence-electron chi connectivity index (χ3n) is 11.4. The number of carbonyl (C=O) groups excluding carboxylic acids is 6. The molecule has 2 atom stereocenters. The molecular formula is C43H48ClF2N9O9. The van der Waals surface area contributed by atoms with Gasteiger partial charge in [-0.3, -0.25) is 39.0 Å². The van der Waals surface area contributed by atoms with Gasteiger partial charge in [0.1, 0.15) is 23.2 Å². The molecule has 0 spiro atoms. The van der Waals surface area contributed by atoms with Gasteiger partial charge >= 0.3 is 0 Å². The van der Waals surface area contributed by atoms with E-state index in [1.54, 1.807) is 24.1 Å². The average Bonchev–Trinajstić information content (AvgIpc) is 3.52. The maximum atomic E-state index is 16.4. The number of anilines is 3. The number of ether oxygens (including phenoxy) is 2. The number of aliphatic hydroxyl groups excluding tert-OH is 1. The molecule has 64 heavy (non-hydrogen) atoms. The Bertz CT molecular complexity index is 2430. The highest BCUT2D eigenvalue weighted by atomic mass is 35.5. The van der Waals surface area contributed by atoms with E-state index in [2.05, 4.69) is 25.9 Å². The fraction of sp³-hybridized carbons (Fsp3) is 0.442. The Morgan fingerprint density at radius 1 is 0.984 bits per heavy atom. The first kappa shape index (κ1) is 45.9. The quantitative estimate of drug-likeness (QED) is 0.113. The summed E-state index contributed by atoms with van der Waals surface area (Å²) in [6.45, 7) is 4.73. The number of nitrogens with one attached hydrogen (secondary N) is 3. The van der Waals surface area contributed by atoms with Crippen LogP contribution in [-0.2, 0) is 28.7 Å². The lowest BCUT2D eigenvalue weighted by atomic mass is 9.92. The van der Waals surface area contributed by atoms with E-state index in [1.807, 2.05) is 4.90 Å². The lowest BCUT2D eigenvalue weighted by Gasteiger charge is -2.35. The fourth-order valence-corrected chi connectivity index (χ4v) is 8.27. The number of aliphatic hydroxyl groups is 1. The highest BCUT2D eigenvalue weighted by molar-refractivity contribution is 6.33. The summed E-state index contributed by atoms with van der Waals surface area (Å²) in [6.07, 6.45) is 1.48. The smallest absolute Gasteiger partial charge is 0.264 e. The van der Waals surface area contributed by atoms with E-state index in [9.17, 15) is 38.3 Å². The second kappa shape index (κ2) is 20.2. The van der Waals surface area contributed by atoms with E-state index in [-0.39, 0.29) is 121 Å². The molecule has 21 heteroatoms. The summed E-state index contributed by atoms with van der Waals surface area (Å²) >= 11 is 6.57. The molecule has 4 N–H and O–H groups in total. The molecule has 1 aliphatic carbocycles. The number of benzene rings is 2. The summed E-state index contributed by atoms with van der Waals surface area (Å²) < 4.78 is 42.7. The number of aromatic nitrogens is 2. The zero-order valence-corrected chi connectivity index (χ0v) is 36.0. The van der Waals surface area contributed by atoms with Crippen molar-refractivity contribution in [1.82, 2.24) is 30.0 Å². The SMILES string of the molecule is CC(=O)N1CCN(c2nc(NCCC(=O)N(C)CCOCCOCCNc3cccc4c3C(=O)N(C3CCC(=O)NC3=O)C4=O)nc3c(F)c(C4=C(F)C=CCC4O)c(Cl)cc23)CC1. The van der Waals surface area contributed by atoms with Crippen LogP contribution in [0.1, 0.15) is 58.9 Å². The molecule has 1 aromatic heterocycles. The first-order valence-corrected chi connectivity index (χ1v) is 21.3. The molecule has 7 rings (SSSR count). The third kappa shape index (κ3) is 9.84. The predicted octanol–water partition coefficient (Wildman–Crippen LogP) is 2.90. The number of halogens is 3. The molecule has 3 aromatic rings. The van der Waals surface area contributed by atoms with Gasteiger partial charge in [0, 0.05) is 94.8 Å². The van der Waals surface area contributed by atoms with Crippen molar-refractivity contribution in [2.24, 2.45) is 0 Å². The first-order valence-electron chi connectivity index (χ1n) is 20.9. The van der Waals surface area contributed by atoms with E-state index < -0.39 is 47.4 Å². The van der Waals surface area contributed by atoms with E-state index in [4.69, 9.17) is 21.1 Å². The average molecular weight is 908 g/mol. The van der Waals surface area contributed by atoms with Crippen molar-refractivity contribution in [3.63, 3.8) is 0 Å². The van der Waals surface area contributed by atoms with E-state index >= 15 is 4.39 Å². The van der Waals surface area contributed by atoms with Crippen molar-refractivity contribution in [3.8, 4) is 0 Å². The van der Waals surface area contributed by atoms with Crippen molar-refractivity contribution in [3.05, 3.63) is 69.8 Å². The van der Waals surface area contributed by atoms with E-state index in [0.717, 1.165) is 11.0 Å². The molecule has 3 aliphatic heterocycles. The summed E-state index contributed by atoms with van der Waals surface area (Å²) in [5, 5.41) is 19.1. The van der Waals surface area contributed by atoms with E-state index in [1.165, 1.54) is 30.0 Å². The Balaban J connectivity index is 0.868. The molecule has 6 amide bonds. The van der Waals surface area contributed by atoms with Crippen molar-refractivity contribution in [2.75, 3.05) is 94.8 Å². The topological polar surface area (TPSA) is 216 Å². The van der Waals surface area contributed by atoms with Gasteiger partial charge < -0.3 is 39.9 Å². The summed E-state index contributed by atoms with van der Waals surface area (Å²) in [7, 11) is 1.63. The monoisotopic (exact) mass is 907 g/mol. The number of piperazine rings is 1. The number of fused-ring (bicyclic) bond motifs is 2. The lowest BCUT2D eigenvalue weighted by Crippen LogP contribution is -2.54. The van der Waals surface area contributed by atoms with Crippen molar-refractivity contribution in [1.29, 1.82) is 0 Å². The van der Waals surface area contributed by atoms with Gasteiger partial charge in [-0.05, 0) is 37.1 Å². The number of likely N-dealkylation sites (N-methyl/N-ethyl adjacent to an activating group) is 1. The number of imide groups is 2. The van der Waals surface area contributed by atoms with Gasteiger partial charge in [0.25, 0.3) is 11.8 Å². The maximum Gasteiger partial charge on any atom is 0.264 e. The number of amides is 6. The van der Waals surface area contributed by atoms with Crippen LogP contribution in [-0.4, -0.2) is 157 Å². The molecule has 2 fully saturated rings. The molecule has 2 unspecified atom stereocenters. The second-order valence-electron chi connectivity index (χ2n) is 15.5. The second-order valence-corrected chi connectivity index (χ2v) is 15.9. The van der Waals surface area contributed by atoms with Gasteiger partial charge in [-0.1, -0.05) is 23.7 Å². The number of carbonyl (C=O) groups is 6. The van der Waals surface area contributed by atoms with Crippen LogP contribution in [0.5, 0.6) is 0 Å². The Kier molecular flexibility index (Phi) is 14.5. The zero-order valence-electron chi connectivity index (χ0n) is 35.3. The standard InChI is InChI=1S/C43H48ClF2N9O9/c1-24(56)53-14-16-54(17-15-53)39-26-23-27(44)35(36-28(45)6-4-8-31(36)57)37(46)38(26)50-43(51-39)48-12-11-33(59)52(2)18-20-64-22-21-63-19-13-47-29-7-3-5-25-34(29)42(62)55(41(25)61)30-9-10-32(58)49-40(30)60/h3-7,23,30-31,47,57H,8-22H2,1-2H3,(H,48,50,51)(H,49,58,60). The van der Waals surface area contributed by atoms with Crippen LogP contribution in [0.4, 0.5) is 26.2 Å². The summed E-state index contributed by atoms with van der Waals surface area (Å²) in [6, 6.07) is 5.20. The molecule has 0 saturated carbocycles. The van der Waals surface area contributed by atoms with Gasteiger partial charge in [-0.2, -0.15) is 4.98 Å². The highest BCUT2D eigenvalue weighted by Crippen LogP contribution is 2.41. The van der Waals surface area contributed by atoms with Gasteiger partial charge in [0.2, 0.25) is 29.6 Å². The Labute approximate surface area is 371 Å². The molecule has 2 saturated heterocycles. The molecule has 340 valence electrons. The fourth-order valence-electron chi connectivity index (χ4n) is 7.97. The lowest BCUT2D eigenvalue weighted by molar-refractivity contribution is -0.136. The first-order chi connectivity index (χ1) is 30.7.